The number of nitrogens with zero attached hydrogens (tertiary/aromatic N) is 2. The molecule has 1 saturated heterocycles. The molecule has 8 nitrogen and oxygen atoms in total. The lowest BCUT2D eigenvalue weighted by molar-refractivity contribution is -0.132. The van der Waals surface area contributed by atoms with E-state index < -0.39 is 16.1 Å². The predicted octanol–water partition coefficient (Wildman–Crippen LogP) is 1.94. The molecule has 1 aliphatic heterocycles. The lowest BCUT2D eigenvalue weighted by Crippen LogP contribution is -2.52. The van der Waals surface area contributed by atoms with Crippen molar-refractivity contribution in [2.24, 2.45) is 11.8 Å². The third-order valence-corrected chi connectivity index (χ3v) is 7.58. The van der Waals surface area contributed by atoms with Crippen molar-refractivity contribution in [3.05, 3.63) is 60.4 Å². The Morgan fingerprint density at radius 2 is 1.69 bits per heavy atom. The van der Waals surface area contributed by atoms with Gasteiger partial charge in [-0.2, -0.15) is 4.31 Å². The molecule has 2 N–H and O–H groups in total. The topological polar surface area (TPSA) is 108 Å². The highest BCUT2D eigenvalue weighted by molar-refractivity contribution is 7.89. The highest BCUT2D eigenvalue weighted by Crippen LogP contribution is 2.24. The van der Waals surface area contributed by atoms with Crippen molar-refractivity contribution in [3.8, 4) is 0 Å². The maximum atomic E-state index is 12.9. The van der Waals surface area contributed by atoms with E-state index in [-0.39, 0.29) is 41.6 Å². The van der Waals surface area contributed by atoms with Gasteiger partial charge in [-0.05, 0) is 48.6 Å². The molecule has 1 aliphatic rings. The monoisotopic (exact) mass is 458 g/mol. The van der Waals surface area contributed by atoms with Crippen LogP contribution in [0.4, 0.5) is 0 Å². The van der Waals surface area contributed by atoms with Crippen LogP contribution in [0.25, 0.3) is 0 Å². The van der Waals surface area contributed by atoms with Crippen LogP contribution in [0, 0.1) is 11.8 Å². The molecule has 0 aliphatic carbocycles. The van der Waals surface area contributed by atoms with Crippen LogP contribution in [-0.4, -0.2) is 48.7 Å². The van der Waals surface area contributed by atoms with Crippen LogP contribution >= 0.6 is 0 Å². The summed E-state index contributed by atoms with van der Waals surface area (Å²) in [5, 5.41) is 5.74. The van der Waals surface area contributed by atoms with E-state index in [0.29, 0.717) is 19.4 Å². The first-order valence-electron chi connectivity index (χ1n) is 10.8. The van der Waals surface area contributed by atoms with Crippen molar-refractivity contribution < 1.29 is 18.0 Å². The Kier molecular flexibility index (Phi) is 7.98. The summed E-state index contributed by atoms with van der Waals surface area (Å²) in [5.74, 6) is -0.866. The Bertz CT molecular complexity index is 1000. The number of sulfonamides is 1. The van der Waals surface area contributed by atoms with Crippen molar-refractivity contribution in [3.63, 3.8) is 0 Å². The average Bonchev–Trinajstić information content (AvgIpc) is 2.82. The quantitative estimate of drug-likeness (QED) is 0.628. The minimum absolute atomic E-state index is 0.0880. The average molecular weight is 459 g/mol. The second kappa shape index (κ2) is 10.7. The summed E-state index contributed by atoms with van der Waals surface area (Å²) in [7, 11) is -3.56. The van der Waals surface area contributed by atoms with Crippen LogP contribution in [0.1, 0.15) is 32.3 Å². The van der Waals surface area contributed by atoms with Gasteiger partial charge in [-0.15, -0.1) is 0 Å². The normalized spacial score (nSPS) is 16.5. The van der Waals surface area contributed by atoms with E-state index in [4.69, 9.17) is 0 Å². The predicted molar refractivity (Wildman–Crippen MR) is 121 cm³/mol. The first-order valence-corrected chi connectivity index (χ1v) is 12.2. The second-order valence-electron chi connectivity index (χ2n) is 8.29. The molecule has 0 unspecified atom stereocenters. The van der Waals surface area contributed by atoms with Gasteiger partial charge in [-0.25, -0.2) is 8.42 Å². The van der Waals surface area contributed by atoms with E-state index in [2.05, 4.69) is 15.6 Å². The van der Waals surface area contributed by atoms with Crippen LogP contribution < -0.4 is 10.6 Å². The van der Waals surface area contributed by atoms with Gasteiger partial charge < -0.3 is 10.6 Å². The van der Waals surface area contributed by atoms with E-state index in [1.807, 2.05) is 26.0 Å². The Balaban J connectivity index is 1.54. The molecule has 2 aromatic rings. The molecule has 3 rings (SSSR count). The van der Waals surface area contributed by atoms with E-state index in [1.165, 1.54) is 4.31 Å². The van der Waals surface area contributed by atoms with Crippen molar-refractivity contribution in [2.75, 3.05) is 13.1 Å². The number of amides is 2. The number of nitrogens with one attached hydrogen (secondary N) is 2. The van der Waals surface area contributed by atoms with E-state index >= 15 is 0 Å². The molecule has 1 aromatic carbocycles. The lowest BCUT2D eigenvalue weighted by Gasteiger charge is -2.32. The van der Waals surface area contributed by atoms with E-state index in [9.17, 15) is 18.0 Å². The highest BCUT2D eigenvalue weighted by atomic mass is 32.2. The Morgan fingerprint density at radius 3 is 2.28 bits per heavy atom. The third kappa shape index (κ3) is 5.92. The van der Waals surface area contributed by atoms with Gasteiger partial charge in [0.1, 0.15) is 6.04 Å². The number of carbonyl (C=O) groups excluding carboxylic acids is 2. The largest absolute Gasteiger partial charge is 0.350 e. The van der Waals surface area contributed by atoms with E-state index in [1.54, 1.807) is 42.7 Å². The fourth-order valence-corrected chi connectivity index (χ4v) is 5.20. The number of benzene rings is 1. The molecule has 1 fully saturated rings. The minimum Gasteiger partial charge on any atom is -0.350 e. The van der Waals surface area contributed by atoms with Crippen LogP contribution in [0.3, 0.4) is 0 Å². The molecule has 0 radical (unpaired) electrons. The SMILES string of the molecule is CC(C)[C@@H](NC(=O)C1CCN(S(=O)(=O)c2ccccc2)CC1)C(=O)NCc1ccncc1. The molecular weight excluding hydrogens is 428 g/mol. The van der Waals surface area contributed by atoms with Crippen molar-refractivity contribution >= 4 is 21.8 Å². The van der Waals surface area contributed by atoms with E-state index in [0.717, 1.165) is 5.56 Å². The molecule has 0 spiro atoms. The van der Waals surface area contributed by atoms with Gasteiger partial charge in [0.15, 0.2) is 0 Å². The highest BCUT2D eigenvalue weighted by Gasteiger charge is 2.34. The summed E-state index contributed by atoms with van der Waals surface area (Å²) >= 11 is 0. The zero-order chi connectivity index (χ0) is 23.1. The van der Waals surface area contributed by atoms with Crippen LogP contribution in [0.2, 0.25) is 0 Å². The first kappa shape index (κ1) is 23.9. The van der Waals surface area contributed by atoms with Crippen LogP contribution in [0.15, 0.2) is 59.8 Å². The molecule has 0 saturated carbocycles. The first-order chi connectivity index (χ1) is 15.3. The maximum absolute atomic E-state index is 12.9. The smallest absolute Gasteiger partial charge is 0.243 e. The fourth-order valence-electron chi connectivity index (χ4n) is 3.71. The number of pyridine rings is 1. The summed E-state index contributed by atoms with van der Waals surface area (Å²) in [6, 6.07) is 11.3. The van der Waals surface area contributed by atoms with Crippen LogP contribution in [-0.2, 0) is 26.2 Å². The van der Waals surface area contributed by atoms with Gasteiger partial charge in [0, 0.05) is 37.9 Å². The number of aromatic nitrogens is 1. The Morgan fingerprint density at radius 1 is 1.06 bits per heavy atom. The number of hydrogen-bond donors (Lipinski definition) is 2. The summed E-state index contributed by atoms with van der Waals surface area (Å²) in [4.78, 5) is 29.8. The third-order valence-electron chi connectivity index (χ3n) is 5.67. The number of piperidine rings is 1. The van der Waals surface area contributed by atoms with Gasteiger partial charge in [-0.3, -0.25) is 14.6 Å². The zero-order valence-corrected chi connectivity index (χ0v) is 19.2. The molecule has 9 heteroatoms. The molecule has 2 heterocycles. The fraction of sp³-hybridized carbons (Fsp3) is 0.435. The van der Waals surface area contributed by atoms with Gasteiger partial charge in [-0.1, -0.05) is 32.0 Å². The lowest BCUT2D eigenvalue weighted by atomic mass is 9.95. The maximum Gasteiger partial charge on any atom is 0.243 e. The summed E-state index contributed by atoms with van der Waals surface area (Å²) in [6.45, 7) is 4.67. The summed E-state index contributed by atoms with van der Waals surface area (Å²) in [6.07, 6.45) is 4.16. The van der Waals surface area contributed by atoms with Gasteiger partial charge >= 0.3 is 0 Å². The van der Waals surface area contributed by atoms with Crippen LogP contribution in [0.5, 0.6) is 0 Å². The summed E-state index contributed by atoms with van der Waals surface area (Å²) in [5.41, 5.74) is 0.925. The summed E-state index contributed by atoms with van der Waals surface area (Å²) < 4.78 is 27.0. The Hall–Kier alpha value is -2.78. The van der Waals surface area contributed by atoms with Crippen molar-refractivity contribution in [1.29, 1.82) is 0 Å². The second-order valence-corrected chi connectivity index (χ2v) is 10.2. The molecule has 1 aromatic heterocycles. The number of carbonyl (C=O) groups is 2. The molecule has 32 heavy (non-hydrogen) atoms. The Labute approximate surface area is 189 Å². The number of hydrogen-bond acceptors (Lipinski definition) is 5. The molecule has 0 bridgehead atoms. The van der Waals surface area contributed by atoms with Crippen molar-refractivity contribution in [2.45, 2.75) is 44.2 Å². The molecular formula is C23H30N4O4S. The van der Waals surface area contributed by atoms with Gasteiger partial charge in [0.05, 0.1) is 4.90 Å². The van der Waals surface area contributed by atoms with Gasteiger partial charge in [0.2, 0.25) is 21.8 Å². The molecule has 2 amide bonds. The standard InChI is InChI=1S/C23H30N4O4S/c1-17(2)21(23(29)25-16-18-8-12-24-13-9-18)26-22(28)19-10-14-27(15-11-19)32(30,31)20-6-4-3-5-7-20/h3-9,12-13,17,19,21H,10-11,14-16H2,1-2H3,(H,25,29)(H,26,28)/t21-/m1/s1. The zero-order valence-electron chi connectivity index (χ0n) is 18.4. The molecule has 1 atom stereocenters. The van der Waals surface area contributed by atoms with Crippen molar-refractivity contribution in [1.82, 2.24) is 19.9 Å². The molecule has 172 valence electrons. The minimum atomic E-state index is -3.56. The van der Waals surface area contributed by atoms with Gasteiger partial charge in [0.25, 0.3) is 0 Å². The number of rotatable bonds is 8.